The molecule has 0 aromatic heterocycles. The van der Waals surface area contributed by atoms with Crippen LogP contribution in [-0.4, -0.2) is 42.8 Å². The molecule has 1 aromatic rings. The van der Waals surface area contributed by atoms with E-state index in [4.69, 9.17) is 9.47 Å². The summed E-state index contributed by atoms with van der Waals surface area (Å²) in [7, 11) is 0. The number of nitrogens with one attached hydrogen (secondary N) is 3. The van der Waals surface area contributed by atoms with E-state index in [-0.39, 0.29) is 5.56 Å². The third kappa shape index (κ3) is 8.13. The summed E-state index contributed by atoms with van der Waals surface area (Å²) in [5.74, 6) is -1.48. The lowest BCUT2D eigenvalue weighted by atomic mass is 10.2. The maximum absolute atomic E-state index is 11.9. The van der Waals surface area contributed by atoms with E-state index in [1.165, 1.54) is 24.3 Å². The maximum Gasteiger partial charge on any atom is 0.412 e. The van der Waals surface area contributed by atoms with Crippen molar-refractivity contribution < 1.29 is 28.7 Å². The third-order valence-electron chi connectivity index (χ3n) is 2.69. The van der Waals surface area contributed by atoms with Crippen molar-refractivity contribution >= 4 is 29.7 Å². The van der Waals surface area contributed by atoms with Crippen LogP contribution in [-0.2, 0) is 14.3 Å². The Kier molecular flexibility index (Phi) is 7.57. The van der Waals surface area contributed by atoms with Gasteiger partial charge in [-0.3, -0.25) is 15.4 Å². The SMILES string of the molecule is CCNC(=O)NC(=O)COC(=O)c1ccc(NC(=O)OC(C)(C)C)cc1. The molecule has 0 bridgehead atoms. The maximum atomic E-state index is 11.9. The van der Waals surface area contributed by atoms with Crippen molar-refractivity contribution in [2.75, 3.05) is 18.5 Å². The molecule has 0 heterocycles. The summed E-state index contributed by atoms with van der Waals surface area (Å²) in [6, 6.07) is 5.18. The Balaban J connectivity index is 2.50. The van der Waals surface area contributed by atoms with E-state index in [1.807, 2.05) is 5.32 Å². The lowest BCUT2D eigenvalue weighted by molar-refractivity contribution is -0.123. The van der Waals surface area contributed by atoms with Crippen molar-refractivity contribution in [3.63, 3.8) is 0 Å². The van der Waals surface area contributed by atoms with Gasteiger partial charge in [-0.1, -0.05) is 0 Å². The standard InChI is InChI=1S/C17H23N3O6/c1-5-18-15(23)20-13(21)10-25-14(22)11-6-8-12(9-7-11)19-16(24)26-17(2,3)4/h6-9H,5,10H2,1-4H3,(H,19,24)(H2,18,20,21,23). The van der Waals surface area contributed by atoms with Crippen molar-refractivity contribution in [3.05, 3.63) is 29.8 Å². The molecule has 0 radical (unpaired) electrons. The number of esters is 1. The molecular formula is C17H23N3O6. The average molecular weight is 365 g/mol. The number of imide groups is 1. The third-order valence-corrected chi connectivity index (χ3v) is 2.69. The first-order valence-electron chi connectivity index (χ1n) is 7.95. The Morgan fingerprint density at radius 2 is 1.65 bits per heavy atom. The van der Waals surface area contributed by atoms with Crippen LogP contribution in [0.3, 0.4) is 0 Å². The minimum atomic E-state index is -0.743. The molecule has 0 aliphatic carbocycles. The molecule has 0 saturated carbocycles. The quantitative estimate of drug-likeness (QED) is 0.686. The molecule has 0 aliphatic heterocycles. The number of benzene rings is 1. The van der Waals surface area contributed by atoms with Gasteiger partial charge in [0.15, 0.2) is 6.61 Å². The zero-order valence-electron chi connectivity index (χ0n) is 15.2. The van der Waals surface area contributed by atoms with Crippen LogP contribution in [0.25, 0.3) is 0 Å². The van der Waals surface area contributed by atoms with Crippen LogP contribution < -0.4 is 16.0 Å². The summed E-state index contributed by atoms with van der Waals surface area (Å²) in [5.41, 5.74) is -0.00191. The second-order valence-electron chi connectivity index (χ2n) is 6.19. The highest BCUT2D eigenvalue weighted by atomic mass is 16.6. The average Bonchev–Trinajstić information content (AvgIpc) is 2.51. The summed E-state index contributed by atoms with van der Waals surface area (Å²) in [4.78, 5) is 46.1. The van der Waals surface area contributed by atoms with Gasteiger partial charge < -0.3 is 14.8 Å². The molecule has 0 spiro atoms. The Morgan fingerprint density at radius 3 is 2.19 bits per heavy atom. The molecule has 9 heteroatoms. The predicted molar refractivity (Wildman–Crippen MR) is 93.8 cm³/mol. The molecule has 1 rings (SSSR count). The van der Waals surface area contributed by atoms with Gasteiger partial charge >= 0.3 is 18.1 Å². The Morgan fingerprint density at radius 1 is 1.04 bits per heavy atom. The Hall–Kier alpha value is -3.10. The zero-order chi connectivity index (χ0) is 19.7. The van der Waals surface area contributed by atoms with Gasteiger partial charge in [0.1, 0.15) is 5.60 Å². The fraction of sp³-hybridized carbons (Fsp3) is 0.412. The lowest BCUT2D eigenvalue weighted by Crippen LogP contribution is -2.41. The number of rotatable bonds is 5. The van der Waals surface area contributed by atoms with Crippen LogP contribution >= 0.6 is 0 Å². The van der Waals surface area contributed by atoms with Crippen LogP contribution in [0.1, 0.15) is 38.1 Å². The van der Waals surface area contributed by atoms with Crippen LogP contribution in [0, 0.1) is 0 Å². The van der Waals surface area contributed by atoms with Crippen LogP contribution in [0.2, 0.25) is 0 Å². The van der Waals surface area contributed by atoms with Gasteiger partial charge in [0.2, 0.25) is 0 Å². The van der Waals surface area contributed by atoms with E-state index < -0.39 is 36.2 Å². The van der Waals surface area contributed by atoms with E-state index in [1.54, 1.807) is 27.7 Å². The number of hydrogen-bond acceptors (Lipinski definition) is 6. The molecule has 9 nitrogen and oxygen atoms in total. The number of anilines is 1. The first kappa shape index (κ1) is 20.9. The summed E-state index contributed by atoms with van der Waals surface area (Å²) in [6.45, 7) is 6.71. The zero-order valence-corrected chi connectivity index (χ0v) is 15.2. The molecule has 0 aliphatic rings. The smallest absolute Gasteiger partial charge is 0.412 e. The molecule has 0 unspecified atom stereocenters. The topological polar surface area (TPSA) is 123 Å². The van der Waals surface area contributed by atoms with Crippen LogP contribution in [0.5, 0.6) is 0 Å². The highest BCUT2D eigenvalue weighted by Gasteiger charge is 2.16. The van der Waals surface area contributed by atoms with Crippen molar-refractivity contribution in [1.29, 1.82) is 0 Å². The summed E-state index contributed by atoms with van der Waals surface area (Å²) >= 11 is 0. The normalized spacial score (nSPS) is 10.5. The van der Waals surface area contributed by atoms with Gasteiger partial charge in [-0.15, -0.1) is 0 Å². The highest BCUT2D eigenvalue weighted by molar-refractivity contribution is 5.97. The lowest BCUT2D eigenvalue weighted by Gasteiger charge is -2.19. The summed E-state index contributed by atoms with van der Waals surface area (Å²) in [6.07, 6.45) is -0.616. The van der Waals surface area contributed by atoms with E-state index in [0.717, 1.165) is 0 Å². The molecule has 26 heavy (non-hydrogen) atoms. The number of hydrogen-bond donors (Lipinski definition) is 3. The van der Waals surface area contributed by atoms with Crippen LogP contribution in [0.4, 0.5) is 15.3 Å². The number of carbonyl (C=O) groups is 4. The highest BCUT2D eigenvalue weighted by Crippen LogP contribution is 2.13. The molecule has 1 aromatic carbocycles. The van der Waals surface area contributed by atoms with Gasteiger partial charge in [0.05, 0.1) is 5.56 Å². The molecule has 0 saturated heterocycles. The van der Waals surface area contributed by atoms with Crippen molar-refractivity contribution in [1.82, 2.24) is 10.6 Å². The van der Waals surface area contributed by atoms with Crippen LogP contribution in [0.15, 0.2) is 24.3 Å². The van der Waals surface area contributed by atoms with E-state index in [0.29, 0.717) is 12.2 Å². The molecule has 4 amide bonds. The fourth-order valence-electron chi connectivity index (χ4n) is 1.69. The van der Waals surface area contributed by atoms with E-state index >= 15 is 0 Å². The predicted octanol–water partition coefficient (Wildman–Crippen LogP) is 2.04. The molecular weight excluding hydrogens is 342 g/mol. The van der Waals surface area contributed by atoms with E-state index in [9.17, 15) is 19.2 Å². The van der Waals surface area contributed by atoms with Crippen molar-refractivity contribution in [2.24, 2.45) is 0 Å². The summed E-state index contributed by atoms with van der Waals surface area (Å²) in [5, 5.41) is 6.91. The van der Waals surface area contributed by atoms with Gasteiger partial charge in [-0.05, 0) is 52.0 Å². The van der Waals surface area contributed by atoms with Gasteiger partial charge in [0.25, 0.3) is 5.91 Å². The first-order valence-corrected chi connectivity index (χ1v) is 7.95. The van der Waals surface area contributed by atoms with E-state index in [2.05, 4.69) is 10.6 Å². The molecule has 3 N–H and O–H groups in total. The monoisotopic (exact) mass is 365 g/mol. The first-order chi connectivity index (χ1) is 12.1. The van der Waals surface area contributed by atoms with Gasteiger partial charge in [-0.2, -0.15) is 0 Å². The van der Waals surface area contributed by atoms with Crippen molar-refractivity contribution in [2.45, 2.75) is 33.3 Å². The second-order valence-corrected chi connectivity index (χ2v) is 6.19. The second kappa shape index (κ2) is 9.40. The Labute approximate surface area is 151 Å². The van der Waals surface area contributed by atoms with Gasteiger partial charge in [0, 0.05) is 12.2 Å². The number of carbonyl (C=O) groups excluding carboxylic acids is 4. The molecule has 0 atom stereocenters. The minimum absolute atomic E-state index is 0.186. The summed E-state index contributed by atoms with van der Waals surface area (Å²) < 4.78 is 9.93. The largest absolute Gasteiger partial charge is 0.452 e. The number of ether oxygens (including phenoxy) is 2. The molecule has 0 fully saturated rings. The van der Waals surface area contributed by atoms with Crippen molar-refractivity contribution in [3.8, 4) is 0 Å². The fourth-order valence-corrected chi connectivity index (χ4v) is 1.69. The van der Waals surface area contributed by atoms with Gasteiger partial charge in [-0.25, -0.2) is 14.4 Å². The minimum Gasteiger partial charge on any atom is -0.452 e. The Bertz CT molecular complexity index is 664. The molecule has 142 valence electrons. The number of amides is 4. The number of urea groups is 1.